The van der Waals surface area contributed by atoms with Gasteiger partial charge in [-0.1, -0.05) is 11.6 Å². The van der Waals surface area contributed by atoms with Crippen LogP contribution in [0.15, 0.2) is 12.1 Å². The number of methoxy groups -OCH3 is 1. The van der Waals surface area contributed by atoms with E-state index in [1.165, 1.54) is 18.1 Å². The number of anilines is 1. The predicted molar refractivity (Wildman–Crippen MR) is 78.7 cm³/mol. The molecule has 2 heterocycles. The lowest BCUT2D eigenvalue weighted by Crippen LogP contribution is -2.41. The highest BCUT2D eigenvalue weighted by atomic mass is 35.5. The van der Waals surface area contributed by atoms with E-state index in [1.54, 1.807) is 11.8 Å². The van der Waals surface area contributed by atoms with Gasteiger partial charge in [0.2, 0.25) is 0 Å². The lowest BCUT2D eigenvalue weighted by Gasteiger charge is -2.25. The molecule has 2 aliphatic rings. The molecule has 3 rings (SSSR count). The lowest BCUT2D eigenvalue weighted by molar-refractivity contribution is -0.119. The lowest BCUT2D eigenvalue weighted by atomic mass is 10.2. The van der Waals surface area contributed by atoms with E-state index in [1.807, 2.05) is 0 Å². The van der Waals surface area contributed by atoms with Crippen LogP contribution in [-0.2, 0) is 4.79 Å². The van der Waals surface area contributed by atoms with E-state index in [9.17, 15) is 14.0 Å². The van der Waals surface area contributed by atoms with Gasteiger partial charge in [0.25, 0.3) is 5.91 Å². The standard InChI is InChI=1S/C13H12ClFN2O3S/c1-20-11-5-9(8(15)4-7(11)14)17-12(18)10-6-21-3-2-16(10)13(17)19/h4-5,10H,2-3,6H2,1H3. The van der Waals surface area contributed by atoms with Crippen molar-refractivity contribution in [3.8, 4) is 5.75 Å². The van der Waals surface area contributed by atoms with Crippen molar-refractivity contribution in [1.29, 1.82) is 0 Å². The molecule has 2 aliphatic heterocycles. The topological polar surface area (TPSA) is 49.9 Å². The average Bonchev–Trinajstić information content (AvgIpc) is 2.72. The quantitative estimate of drug-likeness (QED) is 0.781. The molecule has 1 aromatic carbocycles. The van der Waals surface area contributed by atoms with Crippen LogP contribution in [0.25, 0.3) is 0 Å². The third-order valence-corrected chi connectivity index (χ3v) is 4.85. The third kappa shape index (κ3) is 2.24. The normalized spacial score (nSPS) is 21.8. The summed E-state index contributed by atoms with van der Waals surface area (Å²) in [5, 5.41) is 0.0890. The molecule has 0 saturated carbocycles. The zero-order valence-corrected chi connectivity index (χ0v) is 12.7. The number of thioether (sulfide) groups is 1. The van der Waals surface area contributed by atoms with Crippen molar-refractivity contribution in [2.75, 3.05) is 30.1 Å². The highest BCUT2D eigenvalue weighted by Crippen LogP contribution is 2.36. The maximum absolute atomic E-state index is 14.1. The van der Waals surface area contributed by atoms with Crippen LogP contribution in [0, 0.1) is 5.82 Å². The van der Waals surface area contributed by atoms with Crippen LogP contribution in [0.2, 0.25) is 5.02 Å². The van der Waals surface area contributed by atoms with E-state index in [4.69, 9.17) is 16.3 Å². The zero-order chi connectivity index (χ0) is 15.1. The van der Waals surface area contributed by atoms with E-state index in [0.717, 1.165) is 16.7 Å². The molecular formula is C13H12ClFN2O3S. The second-order valence-corrected chi connectivity index (χ2v) is 6.24. The molecule has 2 fully saturated rings. The van der Waals surface area contributed by atoms with E-state index in [-0.39, 0.29) is 16.5 Å². The first-order chi connectivity index (χ1) is 10.0. The fourth-order valence-electron chi connectivity index (χ4n) is 2.48. The van der Waals surface area contributed by atoms with Crippen LogP contribution in [0.4, 0.5) is 14.9 Å². The monoisotopic (exact) mass is 330 g/mol. The number of imide groups is 1. The summed E-state index contributed by atoms with van der Waals surface area (Å²) in [5.41, 5.74) is -0.120. The second-order valence-electron chi connectivity index (χ2n) is 4.68. The molecule has 0 radical (unpaired) electrons. The molecule has 1 unspecified atom stereocenters. The smallest absolute Gasteiger partial charge is 0.332 e. The Bertz CT molecular complexity index is 604. The number of urea groups is 1. The van der Waals surface area contributed by atoms with Crippen molar-refractivity contribution in [3.63, 3.8) is 0 Å². The van der Waals surface area contributed by atoms with Crippen LogP contribution < -0.4 is 9.64 Å². The Labute approximate surface area is 130 Å². The molecule has 3 amide bonds. The summed E-state index contributed by atoms with van der Waals surface area (Å²) in [6.45, 7) is 0.489. The number of halogens is 2. The number of benzene rings is 1. The van der Waals surface area contributed by atoms with Crippen LogP contribution in [-0.4, -0.2) is 48.0 Å². The van der Waals surface area contributed by atoms with Crippen molar-refractivity contribution in [1.82, 2.24) is 4.90 Å². The fraction of sp³-hybridized carbons (Fsp3) is 0.385. The maximum Gasteiger partial charge on any atom is 0.332 e. The molecule has 2 saturated heterocycles. The fourth-order valence-corrected chi connectivity index (χ4v) is 3.74. The van der Waals surface area contributed by atoms with Gasteiger partial charge >= 0.3 is 6.03 Å². The minimum atomic E-state index is -0.727. The second kappa shape index (κ2) is 5.38. The Morgan fingerprint density at radius 3 is 2.86 bits per heavy atom. The number of rotatable bonds is 2. The van der Waals surface area contributed by atoms with Crippen LogP contribution >= 0.6 is 23.4 Å². The first-order valence-electron chi connectivity index (χ1n) is 6.30. The maximum atomic E-state index is 14.1. The Morgan fingerprint density at radius 2 is 2.19 bits per heavy atom. The highest BCUT2D eigenvalue weighted by Gasteiger charge is 2.47. The summed E-state index contributed by atoms with van der Waals surface area (Å²) in [6, 6.07) is 1.31. The minimum Gasteiger partial charge on any atom is -0.495 e. The summed E-state index contributed by atoms with van der Waals surface area (Å²) in [5.74, 6) is 0.391. The van der Waals surface area contributed by atoms with Gasteiger partial charge in [0.15, 0.2) is 0 Å². The van der Waals surface area contributed by atoms with Gasteiger partial charge in [-0.05, 0) is 6.07 Å². The first-order valence-corrected chi connectivity index (χ1v) is 7.83. The number of ether oxygens (including phenoxy) is 1. The van der Waals surface area contributed by atoms with E-state index in [2.05, 4.69) is 0 Å². The van der Waals surface area contributed by atoms with Crippen LogP contribution in [0.3, 0.4) is 0 Å². The Balaban J connectivity index is 2.04. The van der Waals surface area contributed by atoms with Crippen molar-refractivity contribution < 1.29 is 18.7 Å². The number of carbonyl (C=O) groups excluding carboxylic acids is 2. The minimum absolute atomic E-state index is 0.0890. The van der Waals surface area contributed by atoms with Crippen molar-refractivity contribution in [3.05, 3.63) is 23.0 Å². The molecule has 8 heteroatoms. The molecule has 0 aromatic heterocycles. The first kappa shape index (κ1) is 14.5. The van der Waals surface area contributed by atoms with Crippen LogP contribution in [0.5, 0.6) is 5.75 Å². The Hall–Kier alpha value is -1.47. The summed E-state index contributed by atoms with van der Waals surface area (Å²) < 4.78 is 19.2. The SMILES string of the molecule is COc1cc(N2C(=O)C3CSCCN3C2=O)c(F)cc1Cl. The van der Waals surface area contributed by atoms with E-state index in [0.29, 0.717) is 12.3 Å². The number of amides is 3. The Morgan fingerprint density at radius 1 is 1.43 bits per heavy atom. The van der Waals surface area contributed by atoms with Gasteiger partial charge in [-0.2, -0.15) is 11.8 Å². The number of fused-ring (bicyclic) bond motifs is 1. The molecule has 0 spiro atoms. The van der Waals surface area contributed by atoms with Crippen molar-refractivity contribution in [2.24, 2.45) is 0 Å². The van der Waals surface area contributed by atoms with Gasteiger partial charge in [0.05, 0.1) is 17.8 Å². The van der Waals surface area contributed by atoms with Gasteiger partial charge < -0.3 is 9.64 Å². The highest BCUT2D eigenvalue weighted by molar-refractivity contribution is 7.99. The molecular weight excluding hydrogens is 319 g/mol. The molecule has 0 bridgehead atoms. The van der Waals surface area contributed by atoms with Gasteiger partial charge in [0, 0.05) is 24.1 Å². The van der Waals surface area contributed by atoms with Crippen LogP contribution in [0.1, 0.15) is 0 Å². The van der Waals surface area contributed by atoms with E-state index < -0.39 is 23.8 Å². The molecule has 1 atom stereocenters. The Kier molecular flexibility index (Phi) is 3.71. The zero-order valence-electron chi connectivity index (χ0n) is 11.1. The summed E-state index contributed by atoms with van der Waals surface area (Å²) in [4.78, 5) is 27.1. The summed E-state index contributed by atoms with van der Waals surface area (Å²) in [6.07, 6.45) is 0. The van der Waals surface area contributed by atoms with Gasteiger partial charge in [0.1, 0.15) is 17.6 Å². The van der Waals surface area contributed by atoms with E-state index >= 15 is 0 Å². The molecule has 21 heavy (non-hydrogen) atoms. The molecule has 0 aliphatic carbocycles. The van der Waals surface area contributed by atoms with Crippen molar-refractivity contribution in [2.45, 2.75) is 6.04 Å². The third-order valence-electron chi connectivity index (χ3n) is 3.53. The molecule has 0 N–H and O–H groups in total. The summed E-state index contributed by atoms with van der Waals surface area (Å²) >= 11 is 7.44. The molecule has 112 valence electrons. The van der Waals surface area contributed by atoms with Crippen molar-refractivity contribution >= 4 is 41.0 Å². The van der Waals surface area contributed by atoms with Gasteiger partial charge in [-0.15, -0.1) is 0 Å². The number of hydrogen-bond acceptors (Lipinski definition) is 4. The number of hydrogen-bond donors (Lipinski definition) is 0. The van der Waals surface area contributed by atoms with Gasteiger partial charge in [-0.3, -0.25) is 4.79 Å². The largest absolute Gasteiger partial charge is 0.495 e. The average molecular weight is 331 g/mol. The molecule has 1 aromatic rings. The predicted octanol–water partition coefficient (Wildman–Crippen LogP) is 2.37. The summed E-state index contributed by atoms with van der Waals surface area (Å²) in [7, 11) is 1.39. The number of nitrogens with zero attached hydrogens (tertiary/aromatic N) is 2. The molecule has 5 nitrogen and oxygen atoms in total. The number of carbonyl (C=O) groups is 2. The van der Waals surface area contributed by atoms with Gasteiger partial charge in [-0.25, -0.2) is 14.1 Å².